The lowest BCUT2D eigenvalue weighted by atomic mass is 10.0. The van der Waals surface area contributed by atoms with Crippen LogP contribution in [0.4, 0.5) is 5.69 Å². The van der Waals surface area contributed by atoms with Gasteiger partial charge in [0.2, 0.25) is 0 Å². The zero-order chi connectivity index (χ0) is 14.2. The Balaban J connectivity index is 2.59. The van der Waals surface area contributed by atoms with Crippen LogP contribution in [0.5, 0.6) is 0 Å². The SMILES string of the molecule is CCc1cccc(CC)c1N1C(=O)C(C)(C)OS1=O. The van der Waals surface area contributed by atoms with Gasteiger partial charge in [0.15, 0.2) is 5.60 Å². The standard InChI is InChI=1S/C14H19NO3S/c1-5-10-8-7-9-11(6-2)12(10)15-13(16)14(3,4)18-19(15)17/h7-9H,5-6H2,1-4H3. The number of hydrogen-bond acceptors (Lipinski definition) is 3. The molecule has 1 aromatic rings. The second kappa shape index (κ2) is 5.06. The summed E-state index contributed by atoms with van der Waals surface area (Å²) in [5.41, 5.74) is 1.75. The van der Waals surface area contributed by atoms with Gasteiger partial charge in [-0.3, -0.25) is 8.98 Å². The van der Waals surface area contributed by atoms with Gasteiger partial charge in [0, 0.05) is 0 Å². The van der Waals surface area contributed by atoms with E-state index in [2.05, 4.69) is 0 Å². The van der Waals surface area contributed by atoms with Crippen LogP contribution in [-0.2, 0) is 33.1 Å². The smallest absolute Gasteiger partial charge is 0.270 e. The molecule has 1 amide bonds. The number of hydrogen-bond donors (Lipinski definition) is 0. The first-order chi connectivity index (χ1) is 8.92. The van der Waals surface area contributed by atoms with E-state index in [-0.39, 0.29) is 5.91 Å². The minimum absolute atomic E-state index is 0.249. The van der Waals surface area contributed by atoms with Gasteiger partial charge in [-0.1, -0.05) is 32.0 Å². The molecule has 4 nitrogen and oxygen atoms in total. The van der Waals surface area contributed by atoms with E-state index >= 15 is 0 Å². The maximum absolute atomic E-state index is 12.4. The summed E-state index contributed by atoms with van der Waals surface area (Å²) in [6.07, 6.45) is 1.56. The van der Waals surface area contributed by atoms with Gasteiger partial charge in [-0.2, -0.15) is 0 Å². The summed E-state index contributed by atoms with van der Waals surface area (Å²) in [7, 11) is 0. The van der Waals surface area contributed by atoms with Crippen molar-refractivity contribution in [2.45, 2.75) is 46.1 Å². The van der Waals surface area contributed by atoms with Crippen LogP contribution in [0.1, 0.15) is 38.8 Å². The Morgan fingerprint density at radius 3 is 2.11 bits per heavy atom. The molecule has 1 saturated heterocycles. The first-order valence-corrected chi connectivity index (χ1v) is 7.52. The van der Waals surface area contributed by atoms with Crippen LogP contribution in [0.25, 0.3) is 0 Å². The molecular formula is C14H19NO3S. The van der Waals surface area contributed by atoms with E-state index in [1.54, 1.807) is 13.8 Å². The largest absolute Gasteiger partial charge is 0.273 e. The average molecular weight is 281 g/mol. The lowest BCUT2D eigenvalue weighted by Gasteiger charge is -2.20. The summed E-state index contributed by atoms with van der Waals surface area (Å²) < 4.78 is 18.7. The molecule has 19 heavy (non-hydrogen) atoms. The number of rotatable bonds is 3. The molecule has 1 aromatic carbocycles. The number of aryl methyl sites for hydroxylation is 2. The molecule has 1 heterocycles. The zero-order valence-corrected chi connectivity index (χ0v) is 12.5. The molecule has 5 heteroatoms. The number of amides is 1. The van der Waals surface area contributed by atoms with Crippen LogP contribution >= 0.6 is 0 Å². The minimum atomic E-state index is -1.75. The van der Waals surface area contributed by atoms with Crippen molar-refractivity contribution in [3.8, 4) is 0 Å². The molecule has 104 valence electrons. The highest BCUT2D eigenvalue weighted by atomic mass is 32.2. The molecule has 1 unspecified atom stereocenters. The van der Waals surface area contributed by atoms with Crippen molar-refractivity contribution in [1.29, 1.82) is 0 Å². The summed E-state index contributed by atoms with van der Waals surface area (Å²) in [6, 6.07) is 5.89. The van der Waals surface area contributed by atoms with Gasteiger partial charge in [0.05, 0.1) is 5.69 Å². The van der Waals surface area contributed by atoms with E-state index in [0.717, 1.165) is 29.7 Å². The predicted molar refractivity (Wildman–Crippen MR) is 76.0 cm³/mol. The third-order valence-corrected chi connectivity index (χ3v) is 4.50. The van der Waals surface area contributed by atoms with Crippen molar-refractivity contribution in [2.24, 2.45) is 0 Å². The predicted octanol–water partition coefficient (Wildman–Crippen LogP) is 2.53. The van der Waals surface area contributed by atoms with Crippen LogP contribution in [0.15, 0.2) is 18.2 Å². The fourth-order valence-corrected chi connectivity index (χ4v) is 3.46. The Labute approximate surface area is 116 Å². The molecule has 0 aliphatic carbocycles. The normalized spacial score (nSPS) is 22.0. The van der Waals surface area contributed by atoms with Crippen molar-refractivity contribution >= 4 is 22.9 Å². The highest BCUT2D eigenvalue weighted by Gasteiger charge is 2.47. The first kappa shape index (κ1) is 14.2. The molecule has 0 spiro atoms. The van der Waals surface area contributed by atoms with Crippen molar-refractivity contribution in [2.75, 3.05) is 4.31 Å². The number of anilines is 1. The van der Waals surface area contributed by atoms with Gasteiger partial charge < -0.3 is 0 Å². The number of nitrogens with zero attached hydrogens (tertiary/aromatic N) is 1. The third-order valence-electron chi connectivity index (χ3n) is 3.30. The maximum atomic E-state index is 12.4. The van der Waals surface area contributed by atoms with E-state index in [9.17, 15) is 9.00 Å². The van der Waals surface area contributed by atoms with Gasteiger partial charge >= 0.3 is 0 Å². The Bertz CT molecular complexity index is 517. The monoisotopic (exact) mass is 281 g/mol. The molecular weight excluding hydrogens is 262 g/mol. The Morgan fingerprint density at radius 2 is 1.74 bits per heavy atom. The van der Waals surface area contributed by atoms with Crippen LogP contribution in [0.2, 0.25) is 0 Å². The maximum Gasteiger partial charge on any atom is 0.273 e. The van der Waals surface area contributed by atoms with E-state index in [1.165, 1.54) is 4.31 Å². The summed E-state index contributed by atoms with van der Waals surface area (Å²) in [5.74, 6) is -0.249. The molecule has 0 saturated carbocycles. The van der Waals surface area contributed by atoms with E-state index in [0.29, 0.717) is 0 Å². The lowest BCUT2D eigenvalue weighted by molar-refractivity contribution is -0.126. The Kier molecular flexibility index (Phi) is 3.78. The number of para-hydroxylation sites is 1. The highest BCUT2D eigenvalue weighted by Crippen LogP contribution is 2.35. The van der Waals surface area contributed by atoms with Gasteiger partial charge in [-0.05, 0) is 37.8 Å². The molecule has 0 N–H and O–H groups in total. The fourth-order valence-electron chi connectivity index (χ4n) is 2.22. The fraction of sp³-hybridized carbons (Fsp3) is 0.500. The van der Waals surface area contributed by atoms with Gasteiger partial charge in [0.1, 0.15) is 0 Å². The zero-order valence-electron chi connectivity index (χ0n) is 11.7. The van der Waals surface area contributed by atoms with Crippen molar-refractivity contribution in [3.05, 3.63) is 29.3 Å². The Hall–Kier alpha value is -1.20. The summed E-state index contributed by atoms with van der Waals surface area (Å²) in [4.78, 5) is 12.4. The second-order valence-corrected chi connectivity index (χ2v) is 6.01. The van der Waals surface area contributed by atoms with Crippen molar-refractivity contribution in [3.63, 3.8) is 0 Å². The van der Waals surface area contributed by atoms with Gasteiger partial charge in [-0.25, -0.2) is 8.51 Å². The molecule has 0 aromatic heterocycles. The molecule has 1 aliphatic heterocycles. The number of carbonyl (C=O) groups is 1. The number of benzene rings is 1. The summed E-state index contributed by atoms with van der Waals surface area (Å²) >= 11 is -1.75. The third kappa shape index (κ3) is 2.32. The van der Waals surface area contributed by atoms with Crippen LogP contribution < -0.4 is 4.31 Å². The Morgan fingerprint density at radius 1 is 1.21 bits per heavy atom. The quantitative estimate of drug-likeness (QED) is 0.855. The van der Waals surface area contributed by atoms with Gasteiger partial charge in [0.25, 0.3) is 17.2 Å². The molecule has 2 rings (SSSR count). The van der Waals surface area contributed by atoms with Crippen molar-refractivity contribution in [1.82, 2.24) is 0 Å². The molecule has 0 bridgehead atoms. The molecule has 1 fully saturated rings. The molecule has 0 radical (unpaired) electrons. The topological polar surface area (TPSA) is 46.6 Å². The van der Waals surface area contributed by atoms with Crippen molar-refractivity contribution < 1.29 is 13.2 Å². The van der Waals surface area contributed by atoms with Gasteiger partial charge in [-0.15, -0.1) is 0 Å². The lowest BCUT2D eigenvalue weighted by Crippen LogP contribution is -2.36. The summed E-state index contributed by atoms with van der Waals surface area (Å²) in [5, 5.41) is 0. The number of carbonyl (C=O) groups excluding carboxylic acids is 1. The van der Waals surface area contributed by atoms with Crippen LogP contribution in [-0.4, -0.2) is 15.7 Å². The molecule has 1 aliphatic rings. The highest BCUT2D eigenvalue weighted by molar-refractivity contribution is 7.83. The van der Waals surface area contributed by atoms with E-state index < -0.39 is 16.9 Å². The summed E-state index contributed by atoms with van der Waals surface area (Å²) in [6.45, 7) is 7.34. The minimum Gasteiger partial charge on any atom is -0.270 e. The van der Waals surface area contributed by atoms with Crippen LogP contribution in [0, 0.1) is 0 Å². The second-order valence-electron chi connectivity index (χ2n) is 5.04. The average Bonchev–Trinajstić information content (AvgIpc) is 2.57. The molecule has 1 atom stereocenters. The first-order valence-electron chi connectivity index (χ1n) is 6.49. The van der Waals surface area contributed by atoms with E-state index in [4.69, 9.17) is 4.18 Å². The van der Waals surface area contributed by atoms with E-state index in [1.807, 2.05) is 32.0 Å². The van der Waals surface area contributed by atoms with Crippen LogP contribution in [0.3, 0.4) is 0 Å².